The van der Waals surface area contributed by atoms with E-state index < -0.39 is 0 Å². The zero-order valence-corrected chi connectivity index (χ0v) is 17.5. The lowest BCUT2D eigenvalue weighted by molar-refractivity contribution is -0.122. The number of piperidine rings is 1. The van der Waals surface area contributed by atoms with E-state index in [-0.39, 0.29) is 5.91 Å². The van der Waals surface area contributed by atoms with Crippen LogP contribution >= 0.6 is 11.8 Å². The van der Waals surface area contributed by atoms with Gasteiger partial charge >= 0.3 is 0 Å². The Bertz CT molecular complexity index is 306. The maximum absolute atomic E-state index is 11.9. The molecule has 148 valence electrons. The lowest BCUT2D eigenvalue weighted by Crippen LogP contribution is -2.40. The molecule has 1 rings (SSSR count). The number of amides is 1. The molecule has 1 aliphatic rings. The van der Waals surface area contributed by atoms with Crippen molar-refractivity contribution in [3.05, 3.63) is 0 Å². The highest BCUT2D eigenvalue weighted by atomic mass is 32.2. The van der Waals surface area contributed by atoms with Gasteiger partial charge in [-0.25, -0.2) is 0 Å². The minimum absolute atomic E-state index is 0.210. The first kappa shape index (κ1) is 22.8. The predicted octanol–water partition coefficient (Wildman–Crippen LogP) is 5.24. The summed E-state index contributed by atoms with van der Waals surface area (Å²) >= 11 is 1.99. The average molecular weight is 371 g/mol. The van der Waals surface area contributed by atoms with Gasteiger partial charge < -0.3 is 5.32 Å². The number of nitrogens with one attached hydrogen (secondary N) is 1. The van der Waals surface area contributed by atoms with Crippen LogP contribution in [-0.4, -0.2) is 48.5 Å². The third-order valence-corrected chi connectivity index (χ3v) is 6.10. The van der Waals surface area contributed by atoms with Gasteiger partial charge in [0.1, 0.15) is 0 Å². The fourth-order valence-electron chi connectivity index (χ4n) is 3.43. The predicted molar refractivity (Wildman–Crippen MR) is 112 cm³/mol. The molecule has 1 saturated heterocycles. The molecule has 0 aromatic carbocycles. The van der Waals surface area contributed by atoms with E-state index in [1.807, 2.05) is 11.8 Å². The highest BCUT2D eigenvalue weighted by molar-refractivity contribution is 7.99. The molecular weight excluding hydrogens is 328 g/mol. The number of hydrogen-bond acceptors (Lipinski definition) is 3. The minimum atomic E-state index is 0.210. The van der Waals surface area contributed by atoms with Crippen LogP contribution in [0.1, 0.15) is 90.4 Å². The van der Waals surface area contributed by atoms with Crippen LogP contribution < -0.4 is 5.32 Å². The van der Waals surface area contributed by atoms with Crippen LogP contribution in [0.25, 0.3) is 0 Å². The topological polar surface area (TPSA) is 32.3 Å². The van der Waals surface area contributed by atoms with Gasteiger partial charge in [0.25, 0.3) is 0 Å². The third kappa shape index (κ3) is 14.6. The zero-order valence-electron chi connectivity index (χ0n) is 16.7. The van der Waals surface area contributed by atoms with Crippen molar-refractivity contribution >= 4 is 17.7 Å². The van der Waals surface area contributed by atoms with Crippen molar-refractivity contribution in [1.82, 2.24) is 10.2 Å². The maximum Gasteiger partial charge on any atom is 0.234 e. The van der Waals surface area contributed by atoms with Crippen LogP contribution in [-0.2, 0) is 4.79 Å². The lowest BCUT2D eigenvalue weighted by Gasteiger charge is -2.25. The van der Waals surface area contributed by atoms with Crippen LogP contribution in [0.4, 0.5) is 0 Å². The normalized spacial score (nSPS) is 15.4. The molecule has 1 N–H and O–H groups in total. The van der Waals surface area contributed by atoms with Crippen LogP contribution in [0, 0.1) is 0 Å². The number of carbonyl (C=O) groups excluding carboxylic acids is 1. The number of thioether (sulfide) groups is 1. The quantitative estimate of drug-likeness (QED) is 0.377. The molecule has 1 fully saturated rings. The first-order valence-electron chi connectivity index (χ1n) is 10.9. The van der Waals surface area contributed by atoms with Gasteiger partial charge in [-0.3, -0.25) is 9.69 Å². The van der Waals surface area contributed by atoms with Crippen molar-refractivity contribution in [3.8, 4) is 0 Å². The summed E-state index contributed by atoms with van der Waals surface area (Å²) in [4.78, 5) is 14.2. The third-order valence-electron chi connectivity index (χ3n) is 5.03. The molecule has 0 saturated carbocycles. The van der Waals surface area contributed by atoms with E-state index in [4.69, 9.17) is 0 Å². The molecule has 0 spiro atoms. The Labute approximate surface area is 161 Å². The molecule has 0 atom stereocenters. The standard InChI is InChI=1S/C21H42N2OS/c1-2-3-4-5-6-7-8-9-10-14-18-25-19-15-22-21(24)20-23-16-12-11-13-17-23/h2-20H2,1H3,(H,22,24). The second kappa shape index (κ2) is 17.2. The summed E-state index contributed by atoms with van der Waals surface area (Å²) in [5.74, 6) is 2.52. The molecule has 4 heteroatoms. The highest BCUT2D eigenvalue weighted by Gasteiger charge is 2.13. The van der Waals surface area contributed by atoms with E-state index >= 15 is 0 Å². The van der Waals surface area contributed by atoms with E-state index in [1.165, 1.54) is 89.2 Å². The van der Waals surface area contributed by atoms with Crippen molar-refractivity contribution in [2.75, 3.05) is 37.7 Å². The smallest absolute Gasteiger partial charge is 0.234 e. The Hall–Kier alpha value is -0.220. The molecule has 1 aliphatic heterocycles. The van der Waals surface area contributed by atoms with E-state index in [2.05, 4.69) is 17.1 Å². The van der Waals surface area contributed by atoms with Gasteiger partial charge in [-0.1, -0.05) is 71.1 Å². The summed E-state index contributed by atoms with van der Waals surface area (Å²) in [6, 6.07) is 0. The number of unbranched alkanes of at least 4 members (excludes halogenated alkanes) is 9. The molecule has 0 aliphatic carbocycles. The zero-order chi connectivity index (χ0) is 18.0. The van der Waals surface area contributed by atoms with Crippen molar-refractivity contribution in [2.24, 2.45) is 0 Å². The van der Waals surface area contributed by atoms with Crippen LogP contribution in [0.3, 0.4) is 0 Å². The van der Waals surface area contributed by atoms with Crippen molar-refractivity contribution in [2.45, 2.75) is 90.4 Å². The lowest BCUT2D eigenvalue weighted by atomic mass is 10.1. The molecule has 1 amide bonds. The first-order valence-corrected chi connectivity index (χ1v) is 12.0. The summed E-state index contributed by atoms with van der Waals surface area (Å²) in [7, 11) is 0. The molecule has 0 radical (unpaired) electrons. The molecule has 3 nitrogen and oxygen atoms in total. The summed E-state index contributed by atoms with van der Waals surface area (Å²) in [6.07, 6.45) is 17.9. The van der Waals surface area contributed by atoms with E-state index in [1.54, 1.807) is 0 Å². The number of hydrogen-bond donors (Lipinski definition) is 1. The van der Waals surface area contributed by atoms with Gasteiger partial charge in [0, 0.05) is 12.3 Å². The number of likely N-dealkylation sites (tertiary alicyclic amines) is 1. The monoisotopic (exact) mass is 370 g/mol. The number of nitrogens with zero attached hydrogens (tertiary/aromatic N) is 1. The Kier molecular flexibility index (Phi) is 15.7. The summed E-state index contributed by atoms with van der Waals surface area (Å²) < 4.78 is 0. The average Bonchev–Trinajstić information content (AvgIpc) is 2.63. The Morgan fingerprint density at radius 1 is 0.840 bits per heavy atom. The second-order valence-electron chi connectivity index (χ2n) is 7.48. The van der Waals surface area contributed by atoms with Crippen molar-refractivity contribution in [3.63, 3.8) is 0 Å². The summed E-state index contributed by atoms with van der Waals surface area (Å²) in [6.45, 7) is 5.90. The maximum atomic E-state index is 11.9. The molecule has 0 aromatic rings. The fraction of sp³-hybridized carbons (Fsp3) is 0.952. The fourth-order valence-corrected chi connectivity index (χ4v) is 4.29. The van der Waals surface area contributed by atoms with Gasteiger partial charge in [0.15, 0.2) is 0 Å². The summed E-state index contributed by atoms with van der Waals surface area (Å²) in [5, 5.41) is 3.07. The molecule has 0 bridgehead atoms. The summed E-state index contributed by atoms with van der Waals surface area (Å²) in [5.41, 5.74) is 0. The van der Waals surface area contributed by atoms with Crippen LogP contribution in [0.2, 0.25) is 0 Å². The number of carbonyl (C=O) groups is 1. The Morgan fingerprint density at radius 3 is 2.08 bits per heavy atom. The van der Waals surface area contributed by atoms with Crippen LogP contribution in [0.15, 0.2) is 0 Å². The van der Waals surface area contributed by atoms with E-state index in [0.29, 0.717) is 6.54 Å². The minimum Gasteiger partial charge on any atom is -0.354 e. The second-order valence-corrected chi connectivity index (χ2v) is 8.71. The SMILES string of the molecule is CCCCCCCCCCCCSCCNC(=O)CN1CCCCC1. The van der Waals surface area contributed by atoms with Gasteiger partial charge in [0.05, 0.1) is 6.54 Å². The molecule has 25 heavy (non-hydrogen) atoms. The van der Waals surface area contributed by atoms with Crippen molar-refractivity contribution in [1.29, 1.82) is 0 Å². The largest absolute Gasteiger partial charge is 0.354 e. The van der Waals surface area contributed by atoms with Gasteiger partial charge in [-0.2, -0.15) is 11.8 Å². The molecular formula is C21H42N2OS. The van der Waals surface area contributed by atoms with Gasteiger partial charge in [-0.05, 0) is 38.1 Å². The van der Waals surface area contributed by atoms with Crippen molar-refractivity contribution < 1.29 is 4.79 Å². The van der Waals surface area contributed by atoms with Gasteiger partial charge in [0.2, 0.25) is 5.91 Å². The molecule has 1 heterocycles. The highest BCUT2D eigenvalue weighted by Crippen LogP contribution is 2.12. The Morgan fingerprint density at radius 2 is 1.44 bits per heavy atom. The molecule has 0 aromatic heterocycles. The van der Waals surface area contributed by atoms with Gasteiger partial charge in [-0.15, -0.1) is 0 Å². The van der Waals surface area contributed by atoms with E-state index in [0.717, 1.165) is 25.4 Å². The Balaban J connectivity index is 1.74. The van der Waals surface area contributed by atoms with Crippen LogP contribution in [0.5, 0.6) is 0 Å². The molecule has 0 unspecified atom stereocenters. The first-order chi connectivity index (χ1) is 12.3. The number of rotatable bonds is 16. The van der Waals surface area contributed by atoms with E-state index in [9.17, 15) is 4.79 Å².